The van der Waals surface area contributed by atoms with E-state index in [1.807, 2.05) is 12.1 Å². The van der Waals surface area contributed by atoms with E-state index < -0.39 is 0 Å². The standard InChI is InChI=1S/C23H29N3O2S/c1-6-7-12-28-16-10-8-15(9-11-16)20(27)25-21-18(14-24)17-13-22(2,3)26-23(4,5)19(17)29-21/h8-11,26H,6-7,12-13H2,1-5H3,(H,25,27). The summed E-state index contributed by atoms with van der Waals surface area (Å²) in [6.45, 7) is 11.3. The van der Waals surface area contributed by atoms with Gasteiger partial charge in [0.15, 0.2) is 0 Å². The van der Waals surface area contributed by atoms with Crippen LogP contribution in [0.2, 0.25) is 0 Å². The molecule has 0 spiro atoms. The second-order valence-corrected chi connectivity index (χ2v) is 9.74. The highest BCUT2D eigenvalue weighted by Crippen LogP contribution is 2.44. The van der Waals surface area contributed by atoms with E-state index in [1.165, 1.54) is 11.3 Å². The van der Waals surface area contributed by atoms with Crippen LogP contribution in [0.1, 0.15) is 73.8 Å². The molecule has 0 fully saturated rings. The van der Waals surface area contributed by atoms with Gasteiger partial charge in [0, 0.05) is 21.5 Å². The van der Waals surface area contributed by atoms with E-state index >= 15 is 0 Å². The molecule has 0 saturated heterocycles. The lowest BCUT2D eigenvalue weighted by Crippen LogP contribution is -2.54. The fourth-order valence-corrected chi connectivity index (χ4v) is 5.17. The van der Waals surface area contributed by atoms with E-state index in [4.69, 9.17) is 4.74 Å². The lowest BCUT2D eigenvalue weighted by molar-refractivity contribution is 0.102. The number of nitrogens with zero attached hydrogens (tertiary/aromatic N) is 1. The van der Waals surface area contributed by atoms with Gasteiger partial charge in [-0.15, -0.1) is 11.3 Å². The molecule has 0 atom stereocenters. The Hall–Kier alpha value is -2.36. The van der Waals surface area contributed by atoms with Crippen LogP contribution in [-0.2, 0) is 12.0 Å². The second kappa shape index (κ2) is 8.17. The minimum atomic E-state index is -0.256. The van der Waals surface area contributed by atoms with Gasteiger partial charge in [-0.2, -0.15) is 5.26 Å². The number of nitrogens with one attached hydrogen (secondary N) is 2. The molecule has 1 amide bonds. The molecule has 0 radical (unpaired) electrons. The number of carbonyl (C=O) groups excluding carboxylic acids is 1. The third-order valence-electron chi connectivity index (χ3n) is 5.07. The summed E-state index contributed by atoms with van der Waals surface area (Å²) >= 11 is 1.49. The first-order chi connectivity index (χ1) is 13.7. The van der Waals surface area contributed by atoms with Crippen molar-refractivity contribution in [3.05, 3.63) is 45.8 Å². The van der Waals surface area contributed by atoms with Gasteiger partial charge in [0.25, 0.3) is 5.91 Å². The summed E-state index contributed by atoms with van der Waals surface area (Å²) in [4.78, 5) is 13.9. The molecule has 5 nitrogen and oxygen atoms in total. The lowest BCUT2D eigenvalue weighted by atomic mass is 9.81. The molecule has 1 aliphatic rings. The van der Waals surface area contributed by atoms with Crippen LogP contribution in [0.15, 0.2) is 24.3 Å². The second-order valence-electron chi connectivity index (χ2n) is 8.72. The van der Waals surface area contributed by atoms with Crippen molar-refractivity contribution in [2.24, 2.45) is 0 Å². The van der Waals surface area contributed by atoms with Crippen molar-refractivity contribution in [3.8, 4) is 11.8 Å². The molecule has 0 bridgehead atoms. The van der Waals surface area contributed by atoms with Crippen LogP contribution in [0.3, 0.4) is 0 Å². The first-order valence-corrected chi connectivity index (χ1v) is 10.9. The van der Waals surface area contributed by atoms with Gasteiger partial charge in [0.05, 0.1) is 12.2 Å². The number of hydrogen-bond donors (Lipinski definition) is 2. The fraction of sp³-hybridized carbons (Fsp3) is 0.478. The molecule has 1 aromatic heterocycles. The SMILES string of the molecule is CCCCOc1ccc(C(=O)Nc2sc3c(c2C#N)CC(C)(C)NC3(C)C)cc1. The fourth-order valence-electron chi connectivity index (χ4n) is 3.95. The summed E-state index contributed by atoms with van der Waals surface area (Å²) in [5.74, 6) is 0.541. The number of unbranched alkanes of at least 4 members (excludes halogenated alkanes) is 1. The Morgan fingerprint density at radius 2 is 1.97 bits per heavy atom. The number of fused-ring (bicyclic) bond motifs is 1. The van der Waals surface area contributed by atoms with Crippen LogP contribution in [-0.4, -0.2) is 18.1 Å². The molecule has 2 N–H and O–H groups in total. The number of rotatable bonds is 6. The number of nitriles is 1. The van der Waals surface area contributed by atoms with Gasteiger partial charge in [0.2, 0.25) is 0 Å². The highest BCUT2D eigenvalue weighted by molar-refractivity contribution is 7.17. The molecular formula is C23H29N3O2S. The predicted octanol–water partition coefficient (Wildman–Crippen LogP) is 5.21. The molecule has 3 rings (SSSR count). The summed E-state index contributed by atoms with van der Waals surface area (Å²) in [6.07, 6.45) is 2.84. The van der Waals surface area contributed by atoms with Crippen molar-refractivity contribution in [3.63, 3.8) is 0 Å². The van der Waals surface area contributed by atoms with Crippen LogP contribution in [0.5, 0.6) is 5.75 Å². The monoisotopic (exact) mass is 411 g/mol. The zero-order chi connectivity index (χ0) is 21.2. The molecular weight excluding hydrogens is 382 g/mol. The summed E-state index contributed by atoms with van der Waals surface area (Å²) in [5.41, 5.74) is 1.80. The number of carbonyl (C=O) groups is 1. The highest BCUT2D eigenvalue weighted by atomic mass is 32.1. The third kappa shape index (κ3) is 4.63. The van der Waals surface area contributed by atoms with Crippen LogP contribution in [0, 0.1) is 11.3 Å². The van der Waals surface area contributed by atoms with Crippen molar-refractivity contribution in [1.29, 1.82) is 5.26 Å². The Morgan fingerprint density at radius 1 is 1.28 bits per heavy atom. The van der Waals surface area contributed by atoms with Gasteiger partial charge in [-0.25, -0.2) is 0 Å². The minimum Gasteiger partial charge on any atom is -0.494 e. The van der Waals surface area contributed by atoms with Gasteiger partial charge in [-0.1, -0.05) is 13.3 Å². The van der Waals surface area contributed by atoms with E-state index in [0.717, 1.165) is 35.5 Å². The van der Waals surface area contributed by atoms with Crippen molar-refractivity contribution in [2.45, 2.75) is 65.0 Å². The average Bonchev–Trinajstić information content (AvgIpc) is 2.98. The normalized spacial score (nSPS) is 16.6. The summed E-state index contributed by atoms with van der Waals surface area (Å²) in [5, 5.41) is 17.0. The van der Waals surface area contributed by atoms with Crippen molar-refractivity contribution in [1.82, 2.24) is 5.32 Å². The molecule has 29 heavy (non-hydrogen) atoms. The molecule has 6 heteroatoms. The van der Waals surface area contributed by atoms with Crippen LogP contribution in [0.4, 0.5) is 5.00 Å². The smallest absolute Gasteiger partial charge is 0.256 e. The van der Waals surface area contributed by atoms with Crippen LogP contribution in [0.25, 0.3) is 0 Å². The van der Waals surface area contributed by atoms with Gasteiger partial charge < -0.3 is 15.4 Å². The number of hydrogen-bond acceptors (Lipinski definition) is 5. The molecule has 2 heterocycles. The Kier molecular flexibility index (Phi) is 6.02. The van der Waals surface area contributed by atoms with Gasteiger partial charge in [0.1, 0.15) is 16.8 Å². The predicted molar refractivity (Wildman–Crippen MR) is 118 cm³/mol. The topological polar surface area (TPSA) is 74.1 Å². The quantitative estimate of drug-likeness (QED) is 0.640. The van der Waals surface area contributed by atoms with E-state index in [2.05, 4.69) is 51.3 Å². The highest BCUT2D eigenvalue weighted by Gasteiger charge is 2.40. The molecule has 1 aliphatic heterocycles. The molecule has 1 aromatic carbocycles. The Bertz CT molecular complexity index is 936. The Labute approximate surface area is 177 Å². The van der Waals surface area contributed by atoms with E-state index in [-0.39, 0.29) is 17.0 Å². The van der Waals surface area contributed by atoms with Crippen molar-refractivity contribution < 1.29 is 9.53 Å². The van der Waals surface area contributed by atoms with Crippen molar-refractivity contribution in [2.75, 3.05) is 11.9 Å². The molecule has 0 unspecified atom stereocenters. The number of ether oxygens (including phenoxy) is 1. The zero-order valence-electron chi connectivity index (χ0n) is 17.8. The van der Waals surface area contributed by atoms with E-state index in [1.54, 1.807) is 12.1 Å². The zero-order valence-corrected chi connectivity index (χ0v) is 18.6. The van der Waals surface area contributed by atoms with Crippen LogP contribution < -0.4 is 15.4 Å². The molecule has 154 valence electrons. The maximum absolute atomic E-state index is 12.8. The Morgan fingerprint density at radius 3 is 2.59 bits per heavy atom. The molecule has 2 aromatic rings. The minimum absolute atomic E-state index is 0.113. The number of benzene rings is 1. The summed E-state index contributed by atoms with van der Waals surface area (Å²) in [7, 11) is 0. The maximum Gasteiger partial charge on any atom is 0.256 e. The number of anilines is 1. The lowest BCUT2D eigenvalue weighted by Gasteiger charge is -2.42. The third-order valence-corrected chi connectivity index (χ3v) is 6.54. The Balaban J connectivity index is 1.81. The van der Waals surface area contributed by atoms with Gasteiger partial charge >= 0.3 is 0 Å². The summed E-state index contributed by atoms with van der Waals surface area (Å²) in [6, 6.07) is 9.45. The van der Waals surface area contributed by atoms with Gasteiger partial charge in [-0.05, 0) is 70.4 Å². The van der Waals surface area contributed by atoms with Crippen LogP contribution >= 0.6 is 11.3 Å². The maximum atomic E-state index is 12.8. The van der Waals surface area contributed by atoms with Gasteiger partial charge in [-0.3, -0.25) is 4.79 Å². The van der Waals surface area contributed by atoms with E-state index in [0.29, 0.717) is 22.7 Å². The van der Waals surface area contributed by atoms with Crippen molar-refractivity contribution >= 4 is 22.2 Å². The molecule has 0 aliphatic carbocycles. The number of amides is 1. The largest absolute Gasteiger partial charge is 0.494 e. The summed E-state index contributed by atoms with van der Waals surface area (Å²) < 4.78 is 5.65. The average molecular weight is 412 g/mol. The first kappa shape index (κ1) is 21.4. The van der Waals surface area contributed by atoms with E-state index in [9.17, 15) is 10.1 Å². The molecule has 0 saturated carbocycles. The first-order valence-electron chi connectivity index (χ1n) is 10.1. The number of thiophene rings is 1.